The summed E-state index contributed by atoms with van der Waals surface area (Å²) in [5.41, 5.74) is 0.539. The average Bonchev–Trinajstić information content (AvgIpc) is 2.14. The van der Waals surface area contributed by atoms with Gasteiger partial charge >= 0.3 is 6.18 Å². The van der Waals surface area contributed by atoms with Crippen LogP contribution in [0, 0.1) is 0 Å². The van der Waals surface area contributed by atoms with Gasteiger partial charge < -0.3 is 10.1 Å². The van der Waals surface area contributed by atoms with Crippen molar-refractivity contribution >= 4 is 5.69 Å². The molecule has 0 spiro atoms. The van der Waals surface area contributed by atoms with Crippen molar-refractivity contribution in [1.82, 2.24) is 0 Å². The standard InChI is InChI=1S/C9H10F3NO/c1-13-7-4-2-3-5-8(7)14-6-9(10,11)12/h2-5,13H,6H2,1H3. The van der Waals surface area contributed by atoms with Crippen molar-refractivity contribution in [3.05, 3.63) is 24.3 Å². The first-order chi connectivity index (χ1) is 6.53. The Morgan fingerprint density at radius 2 is 1.93 bits per heavy atom. The van der Waals surface area contributed by atoms with Crippen LogP contribution in [-0.4, -0.2) is 19.8 Å². The fourth-order valence-corrected chi connectivity index (χ4v) is 0.959. The molecule has 0 saturated heterocycles. The second-order valence-electron chi connectivity index (χ2n) is 2.65. The third kappa shape index (κ3) is 3.16. The predicted octanol–water partition coefficient (Wildman–Crippen LogP) is 2.67. The van der Waals surface area contributed by atoms with Gasteiger partial charge in [-0.05, 0) is 12.1 Å². The summed E-state index contributed by atoms with van der Waals surface area (Å²) in [6, 6.07) is 6.46. The van der Waals surface area contributed by atoms with Crippen LogP contribution in [0.25, 0.3) is 0 Å². The molecule has 1 N–H and O–H groups in total. The molecule has 0 bridgehead atoms. The van der Waals surface area contributed by atoms with Crippen molar-refractivity contribution < 1.29 is 17.9 Å². The molecule has 14 heavy (non-hydrogen) atoms. The molecule has 0 aliphatic carbocycles. The number of halogens is 3. The zero-order chi connectivity index (χ0) is 10.6. The minimum Gasteiger partial charge on any atom is -0.482 e. The Labute approximate surface area is 79.7 Å². The van der Waals surface area contributed by atoms with Crippen LogP contribution in [0.1, 0.15) is 0 Å². The lowest BCUT2D eigenvalue weighted by Crippen LogP contribution is -2.19. The van der Waals surface area contributed by atoms with Crippen LogP contribution in [0.5, 0.6) is 5.75 Å². The van der Waals surface area contributed by atoms with Gasteiger partial charge in [0.1, 0.15) is 5.75 Å². The maximum Gasteiger partial charge on any atom is 0.422 e. The number of benzene rings is 1. The quantitative estimate of drug-likeness (QED) is 0.819. The second kappa shape index (κ2) is 4.21. The zero-order valence-corrected chi connectivity index (χ0v) is 7.56. The first kappa shape index (κ1) is 10.7. The lowest BCUT2D eigenvalue weighted by atomic mass is 10.3. The smallest absolute Gasteiger partial charge is 0.422 e. The Hall–Kier alpha value is -1.39. The highest BCUT2D eigenvalue weighted by molar-refractivity contribution is 5.55. The van der Waals surface area contributed by atoms with Gasteiger partial charge in [0.05, 0.1) is 5.69 Å². The molecule has 0 fully saturated rings. The lowest BCUT2D eigenvalue weighted by Gasteiger charge is -2.12. The van der Waals surface area contributed by atoms with Gasteiger partial charge in [0.2, 0.25) is 0 Å². The topological polar surface area (TPSA) is 21.3 Å². The molecule has 0 unspecified atom stereocenters. The first-order valence-corrected chi connectivity index (χ1v) is 3.99. The van der Waals surface area contributed by atoms with E-state index in [9.17, 15) is 13.2 Å². The Morgan fingerprint density at radius 1 is 1.29 bits per heavy atom. The number of rotatable bonds is 3. The van der Waals surface area contributed by atoms with E-state index in [4.69, 9.17) is 0 Å². The Kier molecular flexibility index (Phi) is 3.22. The van der Waals surface area contributed by atoms with Crippen LogP contribution in [0.3, 0.4) is 0 Å². The van der Waals surface area contributed by atoms with E-state index in [0.717, 1.165) is 0 Å². The van der Waals surface area contributed by atoms with Gasteiger partial charge in [0.25, 0.3) is 0 Å². The molecular formula is C9H10F3NO. The van der Waals surface area contributed by atoms with Gasteiger partial charge in [0.15, 0.2) is 6.61 Å². The van der Waals surface area contributed by atoms with E-state index in [2.05, 4.69) is 10.1 Å². The molecule has 78 valence electrons. The number of hydrogen-bond donors (Lipinski definition) is 1. The van der Waals surface area contributed by atoms with Crippen molar-refractivity contribution in [2.24, 2.45) is 0 Å². The molecule has 0 saturated carbocycles. The molecule has 0 aromatic heterocycles. The van der Waals surface area contributed by atoms with E-state index < -0.39 is 12.8 Å². The van der Waals surface area contributed by atoms with Gasteiger partial charge in [-0.25, -0.2) is 0 Å². The second-order valence-corrected chi connectivity index (χ2v) is 2.65. The molecule has 0 radical (unpaired) electrons. The van der Waals surface area contributed by atoms with E-state index in [0.29, 0.717) is 5.69 Å². The Morgan fingerprint density at radius 3 is 2.50 bits per heavy atom. The van der Waals surface area contributed by atoms with Crippen molar-refractivity contribution in [3.63, 3.8) is 0 Å². The fourth-order valence-electron chi connectivity index (χ4n) is 0.959. The molecule has 0 aliphatic rings. The van der Waals surface area contributed by atoms with E-state index in [1.807, 2.05) is 0 Å². The van der Waals surface area contributed by atoms with Crippen molar-refractivity contribution in [3.8, 4) is 5.75 Å². The number of ether oxygens (including phenoxy) is 1. The maximum atomic E-state index is 11.8. The van der Waals surface area contributed by atoms with Crippen molar-refractivity contribution in [2.45, 2.75) is 6.18 Å². The number of hydrogen-bond acceptors (Lipinski definition) is 2. The predicted molar refractivity (Wildman–Crippen MR) is 47.5 cm³/mol. The summed E-state index contributed by atoms with van der Waals surface area (Å²) in [4.78, 5) is 0. The molecule has 5 heteroatoms. The third-order valence-electron chi connectivity index (χ3n) is 1.55. The van der Waals surface area contributed by atoms with Gasteiger partial charge in [-0.1, -0.05) is 12.1 Å². The van der Waals surface area contributed by atoms with E-state index in [-0.39, 0.29) is 5.75 Å². The summed E-state index contributed by atoms with van der Waals surface area (Å²) in [5, 5.41) is 2.74. The SMILES string of the molecule is CNc1ccccc1OCC(F)(F)F. The molecule has 0 heterocycles. The third-order valence-corrected chi connectivity index (χ3v) is 1.55. The first-order valence-electron chi connectivity index (χ1n) is 3.99. The highest BCUT2D eigenvalue weighted by Crippen LogP contribution is 2.25. The molecule has 0 amide bonds. The molecular weight excluding hydrogens is 195 g/mol. The summed E-state index contributed by atoms with van der Waals surface area (Å²) < 4.78 is 40.1. The molecule has 1 rings (SSSR count). The van der Waals surface area contributed by atoms with E-state index >= 15 is 0 Å². The Balaban J connectivity index is 2.67. The van der Waals surface area contributed by atoms with Crippen LogP contribution >= 0.6 is 0 Å². The lowest BCUT2D eigenvalue weighted by molar-refractivity contribution is -0.153. The van der Waals surface area contributed by atoms with E-state index in [1.54, 1.807) is 25.2 Å². The minimum absolute atomic E-state index is 0.201. The maximum absolute atomic E-state index is 11.8. The molecule has 0 atom stereocenters. The molecule has 1 aromatic carbocycles. The van der Waals surface area contributed by atoms with Gasteiger partial charge in [-0.15, -0.1) is 0 Å². The number of nitrogens with one attached hydrogen (secondary N) is 1. The van der Waals surface area contributed by atoms with Crippen LogP contribution in [0.2, 0.25) is 0 Å². The van der Waals surface area contributed by atoms with Gasteiger partial charge in [-0.3, -0.25) is 0 Å². The highest BCUT2D eigenvalue weighted by Gasteiger charge is 2.28. The van der Waals surface area contributed by atoms with Gasteiger partial charge in [0, 0.05) is 7.05 Å². The zero-order valence-electron chi connectivity index (χ0n) is 7.56. The fraction of sp³-hybridized carbons (Fsp3) is 0.333. The largest absolute Gasteiger partial charge is 0.482 e. The van der Waals surface area contributed by atoms with Crippen LogP contribution < -0.4 is 10.1 Å². The molecule has 1 aromatic rings. The highest BCUT2D eigenvalue weighted by atomic mass is 19.4. The van der Waals surface area contributed by atoms with Crippen LogP contribution in [0.15, 0.2) is 24.3 Å². The number of para-hydroxylation sites is 2. The molecule has 2 nitrogen and oxygen atoms in total. The van der Waals surface area contributed by atoms with E-state index in [1.165, 1.54) is 6.07 Å². The molecule has 0 aliphatic heterocycles. The Bertz CT molecular complexity index is 298. The number of alkyl halides is 3. The average molecular weight is 205 g/mol. The summed E-state index contributed by atoms with van der Waals surface area (Å²) in [7, 11) is 1.62. The normalized spacial score (nSPS) is 11.1. The minimum atomic E-state index is -4.30. The van der Waals surface area contributed by atoms with Crippen molar-refractivity contribution in [2.75, 3.05) is 19.0 Å². The summed E-state index contributed by atoms with van der Waals surface area (Å²) in [6.45, 7) is -1.27. The van der Waals surface area contributed by atoms with Gasteiger partial charge in [-0.2, -0.15) is 13.2 Å². The summed E-state index contributed by atoms with van der Waals surface area (Å²) in [5.74, 6) is 0.201. The summed E-state index contributed by atoms with van der Waals surface area (Å²) >= 11 is 0. The number of anilines is 1. The van der Waals surface area contributed by atoms with Crippen molar-refractivity contribution in [1.29, 1.82) is 0 Å². The monoisotopic (exact) mass is 205 g/mol. The van der Waals surface area contributed by atoms with Crippen LogP contribution in [-0.2, 0) is 0 Å². The van der Waals surface area contributed by atoms with Crippen LogP contribution in [0.4, 0.5) is 18.9 Å². The summed E-state index contributed by atoms with van der Waals surface area (Å²) in [6.07, 6.45) is -4.30.